The Bertz CT molecular complexity index is 903. The van der Waals surface area contributed by atoms with Crippen molar-refractivity contribution in [3.63, 3.8) is 0 Å². The van der Waals surface area contributed by atoms with Crippen molar-refractivity contribution in [1.82, 2.24) is 15.5 Å². The van der Waals surface area contributed by atoms with Gasteiger partial charge in [-0.2, -0.15) is 5.10 Å². The Labute approximate surface area is 143 Å². The monoisotopic (exact) mass is 339 g/mol. The van der Waals surface area contributed by atoms with Crippen LogP contribution in [0, 0.1) is 0 Å². The van der Waals surface area contributed by atoms with E-state index in [1.54, 1.807) is 12.1 Å². The van der Waals surface area contributed by atoms with Crippen molar-refractivity contribution >= 4 is 12.0 Å². The summed E-state index contributed by atoms with van der Waals surface area (Å²) in [5.74, 6) is 1.24. The normalized spacial score (nSPS) is 18.2. The van der Waals surface area contributed by atoms with Crippen LogP contribution in [-0.4, -0.2) is 28.9 Å². The van der Waals surface area contributed by atoms with E-state index in [-0.39, 0.29) is 24.3 Å². The third-order valence-electron chi connectivity index (χ3n) is 4.34. The van der Waals surface area contributed by atoms with Crippen molar-refractivity contribution in [2.24, 2.45) is 0 Å². The largest absolute Gasteiger partial charge is 0.454 e. The maximum absolute atomic E-state index is 12.2. The van der Waals surface area contributed by atoms with E-state index in [0.29, 0.717) is 17.9 Å². The van der Waals surface area contributed by atoms with Gasteiger partial charge in [-0.25, -0.2) is 5.10 Å². The predicted molar refractivity (Wildman–Crippen MR) is 90.4 cm³/mol. The highest BCUT2D eigenvalue weighted by Gasteiger charge is 2.21. The van der Waals surface area contributed by atoms with Crippen LogP contribution in [0.25, 0.3) is 6.08 Å². The Hall–Kier alpha value is -3.09. The van der Waals surface area contributed by atoms with E-state index in [1.165, 1.54) is 6.08 Å². The molecular weight excluding hydrogens is 322 g/mol. The number of carbonyl (C=O) groups excluding carboxylic acids is 1. The van der Waals surface area contributed by atoms with Gasteiger partial charge in [-0.05, 0) is 48.6 Å². The summed E-state index contributed by atoms with van der Waals surface area (Å²) >= 11 is 0. The number of nitrogens with zero attached hydrogens (tertiary/aromatic N) is 1. The molecule has 25 heavy (non-hydrogen) atoms. The summed E-state index contributed by atoms with van der Waals surface area (Å²) in [6.07, 6.45) is 5.40. The first-order valence-corrected chi connectivity index (χ1v) is 8.13. The maximum Gasteiger partial charge on any atom is 0.264 e. The van der Waals surface area contributed by atoms with E-state index in [2.05, 4.69) is 15.5 Å². The number of aryl methyl sites for hydroxylation is 1. The van der Waals surface area contributed by atoms with Crippen molar-refractivity contribution < 1.29 is 14.3 Å². The lowest BCUT2D eigenvalue weighted by atomic mass is 9.92. The molecule has 1 unspecified atom stereocenters. The third kappa shape index (κ3) is 3.40. The molecule has 7 heteroatoms. The SMILES string of the molecule is O=C(/C=C/c1ccc2c(c1)OCO2)NC1CCc2n[nH]c(=O)cc2C1. The van der Waals surface area contributed by atoms with Gasteiger partial charge in [-0.1, -0.05) is 6.07 Å². The van der Waals surface area contributed by atoms with Crippen LogP contribution in [0.3, 0.4) is 0 Å². The number of ether oxygens (including phenoxy) is 2. The smallest absolute Gasteiger partial charge is 0.264 e. The lowest BCUT2D eigenvalue weighted by molar-refractivity contribution is -0.117. The number of hydrogen-bond acceptors (Lipinski definition) is 5. The van der Waals surface area contributed by atoms with Gasteiger partial charge in [0.15, 0.2) is 11.5 Å². The first-order chi connectivity index (χ1) is 12.2. The molecule has 1 aliphatic carbocycles. The Morgan fingerprint density at radius 1 is 1.28 bits per heavy atom. The highest BCUT2D eigenvalue weighted by molar-refractivity contribution is 5.92. The second kappa shape index (κ2) is 6.43. The van der Waals surface area contributed by atoms with E-state index < -0.39 is 0 Å². The minimum absolute atomic E-state index is 0.00463. The third-order valence-corrected chi connectivity index (χ3v) is 4.34. The van der Waals surface area contributed by atoms with Gasteiger partial charge in [0, 0.05) is 18.2 Å². The van der Waals surface area contributed by atoms with E-state index in [4.69, 9.17) is 9.47 Å². The van der Waals surface area contributed by atoms with Crippen LogP contribution in [0.15, 0.2) is 35.1 Å². The van der Waals surface area contributed by atoms with Crippen molar-refractivity contribution in [3.8, 4) is 11.5 Å². The van der Waals surface area contributed by atoms with Crippen LogP contribution in [0.4, 0.5) is 0 Å². The molecule has 2 heterocycles. The number of fused-ring (bicyclic) bond motifs is 2. The molecule has 128 valence electrons. The molecule has 1 aliphatic heterocycles. The summed E-state index contributed by atoms with van der Waals surface area (Å²) in [4.78, 5) is 23.5. The molecule has 0 saturated carbocycles. The Morgan fingerprint density at radius 3 is 3.08 bits per heavy atom. The molecule has 0 saturated heterocycles. The number of H-pyrrole nitrogens is 1. The average Bonchev–Trinajstić information content (AvgIpc) is 3.07. The second-order valence-corrected chi connectivity index (χ2v) is 6.10. The van der Waals surface area contributed by atoms with Crippen LogP contribution in [0.5, 0.6) is 11.5 Å². The maximum atomic E-state index is 12.2. The zero-order valence-electron chi connectivity index (χ0n) is 13.5. The van der Waals surface area contributed by atoms with Crippen LogP contribution in [0.2, 0.25) is 0 Å². The number of carbonyl (C=O) groups is 1. The summed E-state index contributed by atoms with van der Waals surface area (Å²) in [7, 11) is 0. The first kappa shape index (κ1) is 15.4. The van der Waals surface area contributed by atoms with Crippen LogP contribution in [0.1, 0.15) is 23.2 Å². The summed E-state index contributed by atoms with van der Waals surface area (Å²) < 4.78 is 10.6. The molecule has 1 atom stereocenters. The molecule has 1 amide bonds. The van der Waals surface area contributed by atoms with Crippen molar-refractivity contribution in [2.75, 3.05) is 6.79 Å². The number of amides is 1. The molecule has 0 bridgehead atoms. The number of benzene rings is 1. The van der Waals surface area contributed by atoms with Gasteiger partial charge in [-0.15, -0.1) is 0 Å². The first-order valence-electron chi connectivity index (χ1n) is 8.13. The number of aromatic amines is 1. The standard InChI is InChI=1S/C18H17N3O4/c22-17(6-2-11-1-5-15-16(7-11)25-10-24-15)19-13-3-4-14-12(8-13)9-18(23)21-20-14/h1-2,5-7,9,13H,3-4,8,10H2,(H,19,22)(H,21,23)/b6-2+. The van der Waals surface area contributed by atoms with E-state index in [0.717, 1.165) is 29.7 Å². The summed E-state index contributed by atoms with van der Waals surface area (Å²) in [5, 5.41) is 9.48. The fourth-order valence-electron chi connectivity index (χ4n) is 3.10. The fraction of sp³-hybridized carbons (Fsp3) is 0.278. The van der Waals surface area contributed by atoms with E-state index >= 15 is 0 Å². The zero-order valence-corrected chi connectivity index (χ0v) is 13.5. The van der Waals surface area contributed by atoms with Gasteiger partial charge < -0.3 is 14.8 Å². The average molecular weight is 339 g/mol. The Kier molecular flexibility index (Phi) is 3.97. The van der Waals surface area contributed by atoms with Gasteiger partial charge in [0.2, 0.25) is 12.7 Å². The quantitative estimate of drug-likeness (QED) is 0.819. The minimum atomic E-state index is -0.214. The molecule has 0 radical (unpaired) electrons. The van der Waals surface area contributed by atoms with Crippen LogP contribution in [-0.2, 0) is 17.6 Å². The lowest BCUT2D eigenvalue weighted by Crippen LogP contribution is -2.38. The van der Waals surface area contributed by atoms with Crippen LogP contribution >= 0.6 is 0 Å². The molecule has 2 aliphatic rings. The number of nitrogens with one attached hydrogen (secondary N) is 2. The molecular formula is C18H17N3O4. The van der Waals surface area contributed by atoms with Crippen molar-refractivity contribution in [3.05, 3.63) is 57.5 Å². The molecule has 1 aromatic heterocycles. The van der Waals surface area contributed by atoms with Gasteiger partial charge >= 0.3 is 0 Å². The number of aromatic nitrogens is 2. The fourth-order valence-corrected chi connectivity index (χ4v) is 3.10. The summed E-state index contributed by atoms with van der Waals surface area (Å²) in [5.41, 5.74) is 2.46. The van der Waals surface area contributed by atoms with Crippen molar-refractivity contribution in [2.45, 2.75) is 25.3 Å². The zero-order chi connectivity index (χ0) is 17.2. The van der Waals surface area contributed by atoms with Gasteiger partial charge in [0.25, 0.3) is 5.56 Å². The molecule has 2 N–H and O–H groups in total. The highest BCUT2D eigenvalue weighted by Crippen LogP contribution is 2.32. The summed E-state index contributed by atoms with van der Waals surface area (Å²) in [6.45, 7) is 0.226. The van der Waals surface area contributed by atoms with Crippen molar-refractivity contribution in [1.29, 1.82) is 0 Å². The van der Waals surface area contributed by atoms with Gasteiger partial charge in [0.1, 0.15) is 0 Å². The van der Waals surface area contributed by atoms with Gasteiger partial charge in [-0.3, -0.25) is 9.59 Å². The van der Waals surface area contributed by atoms with E-state index in [9.17, 15) is 9.59 Å². The lowest BCUT2D eigenvalue weighted by Gasteiger charge is -2.23. The molecule has 2 aromatic rings. The molecule has 0 spiro atoms. The molecule has 1 aromatic carbocycles. The minimum Gasteiger partial charge on any atom is -0.454 e. The molecule has 0 fully saturated rings. The topological polar surface area (TPSA) is 93.3 Å². The highest BCUT2D eigenvalue weighted by atomic mass is 16.7. The Balaban J connectivity index is 1.38. The number of hydrogen-bond donors (Lipinski definition) is 2. The molecule has 4 rings (SSSR count). The molecule has 7 nitrogen and oxygen atoms in total. The van der Waals surface area contributed by atoms with Gasteiger partial charge in [0.05, 0.1) is 5.69 Å². The van der Waals surface area contributed by atoms with Crippen LogP contribution < -0.4 is 20.3 Å². The van der Waals surface area contributed by atoms with E-state index in [1.807, 2.05) is 18.2 Å². The predicted octanol–water partition coefficient (Wildman–Crippen LogP) is 1.19. The summed E-state index contributed by atoms with van der Waals surface area (Å²) in [6, 6.07) is 7.09. The second-order valence-electron chi connectivity index (χ2n) is 6.10. The number of rotatable bonds is 3. The Morgan fingerprint density at radius 2 is 2.16 bits per heavy atom.